The summed E-state index contributed by atoms with van der Waals surface area (Å²) in [6, 6.07) is 32.4. The largest absolute Gasteiger partial charge is 0.507 e. The zero-order chi connectivity index (χ0) is 21.8. The number of nitrogens with zero attached hydrogens (tertiary/aromatic N) is 4. The van der Waals surface area contributed by atoms with Crippen molar-refractivity contribution in [3.8, 4) is 28.3 Å². The Morgan fingerprint density at radius 2 is 1.48 bits per heavy atom. The Bertz CT molecular complexity index is 1310. The molecule has 0 saturated carbocycles. The molecule has 164 valence electrons. The molecule has 0 atom stereocenters. The van der Waals surface area contributed by atoms with Gasteiger partial charge in [-0.1, -0.05) is 36.4 Å². The van der Waals surface area contributed by atoms with Crippen LogP contribution in [0, 0.1) is 6.07 Å². The molecule has 0 fully saturated rings. The third-order valence-corrected chi connectivity index (χ3v) is 5.00. The van der Waals surface area contributed by atoms with Crippen LogP contribution in [0.4, 0.5) is 17.2 Å². The van der Waals surface area contributed by atoms with Gasteiger partial charge in [0, 0.05) is 50.4 Å². The Balaban J connectivity index is 0.00000259. The summed E-state index contributed by atoms with van der Waals surface area (Å²) in [7, 11) is 0. The van der Waals surface area contributed by atoms with Crippen molar-refractivity contribution >= 4 is 17.2 Å². The zero-order valence-electron chi connectivity index (χ0n) is 17.4. The summed E-state index contributed by atoms with van der Waals surface area (Å²) >= 11 is 0. The number of hydrogen-bond acceptors (Lipinski definition) is 5. The van der Waals surface area contributed by atoms with Crippen LogP contribution in [-0.4, -0.2) is 20.1 Å². The number of aromatic nitrogens is 3. The number of hydrogen-bond donors (Lipinski definition) is 1. The number of aromatic hydroxyl groups is 1. The number of rotatable bonds is 5. The van der Waals surface area contributed by atoms with Gasteiger partial charge in [-0.15, -0.1) is 29.8 Å². The Kier molecular flexibility index (Phi) is 6.91. The Morgan fingerprint density at radius 3 is 2.27 bits per heavy atom. The van der Waals surface area contributed by atoms with E-state index in [0.29, 0.717) is 17.0 Å². The van der Waals surface area contributed by atoms with E-state index in [2.05, 4.69) is 16.0 Å². The monoisotopic (exact) mass is 610 g/mol. The molecule has 5 nitrogen and oxygen atoms in total. The Labute approximate surface area is 206 Å². The van der Waals surface area contributed by atoms with E-state index >= 15 is 0 Å². The zero-order valence-corrected chi connectivity index (χ0v) is 19.7. The predicted octanol–water partition coefficient (Wildman–Crippen LogP) is 6.18. The fourth-order valence-electron chi connectivity index (χ4n) is 3.51. The summed E-state index contributed by atoms with van der Waals surface area (Å²) in [5.74, 6) is 0.961. The van der Waals surface area contributed by atoms with Gasteiger partial charge in [0.1, 0.15) is 11.6 Å². The van der Waals surface area contributed by atoms with Gasteiger partial charge in [-0.25, -0.2) is 4.98 Å². The molecular formula is C27H19N4OPt-. The number of benzene rings is 3. The second-order valence-electron chi connectivity index (χ2n) is 7.12. The molecule has 6 heteroatoms. The fourth-order valence-corrected chi connectivity index (χ4v) is 3.51. The molecule has 33 heavy (non-hydrogen) atoms. The number of pyridine rings is 1. The van der Waals surface area contributed by atoms with Crippen LogP contribution >= 0.6 is 0 Å². The maximum Gasteiger partial charge on any atom is 0.136 e. The number of para-hydroxylation sites is 2. The fraction of sp³-hybridized carbons (Fsp3) is 0. The van der Waals surface area contributed by atoms with Crippen LogP contribution < -0.4 is 4.90 Å². The minimum atomic E-state index is 0. The van der Waals surface area contributed by atoms with E-state index in [4.69, 9.17) is 4.98 Å². The van der Waals surface area contributed by atoms with Gasteiger partial charge in [0.15, 0.2) is 0 Å². The first-order valence-corrected chi connectivity index (χ1v) is 10.2. The molecule has 2 aromatic heterocycles. The van der Waals surface area contributed by atoms with Gasteiger partial charge in [-0.05, 0) is 42.1 Å². The van der Waals surface area contributed by atoms with Crippen molar-refractivity contribution in [1.82, 2.24) is 15.0 Å². The number of anilines is 3. The van der Waals surface area contributed by atoms with Crippen LogP contribution in [-0.2, 0) is 21.1 Å². The molecule has 5 rings (SSSR count). The van der Waals surface area contributed by atoms with Gasteiger partial charge in [-0.3, -0.25) is 9.97 Å². The molecule has 3 aromatic carbocycles. The minimum Gasteiger partial charge on any atom is -0.507 e. The summed E-state index contributed by atoms with van der Waals surface area (Å²) < 4.78 is 0. The van der Waals surface area contributed by atoms with E-state index in [-0.39, 0.29) is 26.8 Å². The quantitative estimate of drug-likeness (QED) is 0.241. The second-order valence-corrected chi connectivity index (χ2v) is 7.12. The van der Waals surface area contributed by atoms with E-state index < -0.39 is 0 Å². The predicted molar refractivity (Wildman–Crippen MR) is 126 cm³/mol. The molecule has 5 aromatic rings. The summed E-state index contributed by atoms with van der Waals surface area (Å²) in [6.45, 7) is 0. The topological polar surface area (TPSA) is 62.1 Å². The van der Waals surface area contributed by atoms with Gasteiger partial charge in [0.2, 0.25) is 0 Å². The van der Waals surface area contributed by atoms with Crippen molar-refractivity contribution in [1.29, 1.82) is 0 Å². The molecular weight excluding hydrogens is 591 g/mol. The van der Waals surface area contributed by atoms with Crippen LogP contribution in [0.2, 0.25) is 0 Å². The third-order valence-electron chi connectivity index (χ3n) is 5.00. The van der Waals surface area contributed by atoms with Crippen LogP contribution in [0.1, 0.15) is 0 Å². The first kappa shape index (κ1) is 22.4. The molecule has 0 bridgehead atoms. The van der Waals surface area contributed by atoms with Crippen LogP contribution in [0.25, 0.3) is 22.5 Å². The van der Waals surface area contributed by atoms with Gasteiger partial charge < -0.3 is 10.0 Å². The van der Waals surface area contributed by atoms with Crippen molar-refractivity contribution in [2.24, 2.45) is 0 Å². The van der Waals surface area contributed by atoms with Gasteiger partial charge in [-0.2, -0.15) is 0 Å². The normalized spacial score (nSPS) is 10.3. The minimum absolute atomic E-state index is 0. The summed E-state index contributed by atoms with van der Waals surface area (Å²) in [5, 5.41) is 10.2. The molecule has 0 radical (unpaired) electrons. The average molecular weight is 611 g/mol. The third kappa shape index (κ3) is 4.84. The van der Waals surface area contributed by atoms with E-state index in [0.717, 1.165) is 22.8 Å². The maximum atomic E-state index is 10.2. The van der Waals surface area contributed by atoms with Crippen molar-refractivity contribution in [2.75, 3.05) is 4.90 Å². The SMILES string of the molecule is Oc1ccccc1-c1cncc(-c2[c-]c(N(c3ccccc3)c3ccccn3)ccc2)n1.[Pt]. The summed E-state index contributed by atoms with van der Waals surface area (Å²) in [5.41, 5.74) is 4.52. The van der Waals surface area contributed by atoms with E-state index in [1.807, 2.05) is 83.8 Å². The standard InChI is InChI=1S/C27H19N4O.Pt/c32-26-14-5-4-13-23(26)25-19-28-18-24(30-25)20-9-8-12-22(17-20)31(21-10-2-1-3-11-21)27-15-6-7-16-29-27;/h1-16,18-19,32H;/q-1;. The average Bonchev–Trinajstić information content (AvgIpc) is 2.86. The Morgan fingerprint density at radius 1 is 0.727 bits per heavy atom. The molecule has 0 aliphatic rings. The van der Waals surface area contributed by atoms with Crippen molar-refractivity contribution in [3.05, 3.63) is 116 Å². The van der Waals surface area contributed by atoms with Gasteiger partial charge in [0.05, 0.1) is 11.9 Å². The smallest absolute Gasteiger partial charge is 0.136 e. The van der Waals surface area contributed by atoms with E-state index in [1.54, 1.807) is 30.7 Å². The van der Waals surface area contributed by atoms with E-state index in [9.17, 15) is 5.11 Å². The van der Waals surface area contributed by atoms with Gasteiger partial charge >= 0.3 is 0 Å². The molecule has 0 saturated heterocycles. The Hall–Kier alpha value is -3.82. The molecule has 1 N–H and O–H groups in total. The summed E-state index contributed by atoms with van der Waals surface area (Å²) in [6.07, 6.45) is 5.12. The molecule has 0 aliphatic carbocycles. The first-order chi connectivity index (χ1) is 15.8. The maximum absolute atomic E-state index is 10.2. The van der Waals surface area contributed by atoms with E-state index in [1.165, 1.54) is 0 Å². The molecule has 0 amide bonds. The number of phenols is 1. The van der Waals surface area contributed by atoms with Crippen molar-refractivity contribution < 1.29 is 26.2 Å². The molecule has 2 heterocycles. The second kappa shape index (κ2) is 10.2. The van der Waals surface area contributed by atoms with Crippen LogP contribution in [0.3, 0.4) is 0 Å². The van der Waals surface area contributed by atoms with Gasteiger partial charge in [0.25, 0.3) is 0 Å². The van der Waals surface area contributed by atoms with Crippen LogP contribution in [0.15, 0.2) is 110 Å². The summed E-state index contributed by atoms with van der Waals surface area (Å²) in [4.78, 5) is 15.7. The molecule has 0 unspecified atom stereocenters. The van der Waals surface area contributed by atoms with Crippen molar-refractivity contribution in [2.45, 2.75) is 0 Å². The van der Waals surface area contributed by atoms with Crippen LogP contribution in [0.5, 0.6) is 5.75 Å². The molecule has 0 aliphatic heterocycles. The number of phenolic OH excluding ortho intramolecular Hbond substituents is 1. The van der Waals surface area contributed by atoms with Crippen molar-refractivity contribution in [3.63, 3.8) is 0 Å². The first-order valence-electron chi connectivity index (χ1n) is 10.2. The molecule has 0 spiro atoms.